The number of nitro benzene ring substituents is 1. The molecular weight excluding hydrogens is 330 g/mol. The molecule has 0 aromatic heterocycles. The van der Waals surface area contributed by atoms with Crippen LogP contribution in [0.25, 0.3) is 0 Å². The van der Waals surface area contributed by atoms with Crippen molar-refractivity contribution in [3.8, 4) is 0 Å². The van der Waals surface area contributed by atoms with Gasteiger partial charge in [-0.2, -0.15) is 0 Å². The van der Waals surface area contributed by atoms with Crippen molar-refractivity contribution in [3.05, 3.63) is 93.7 Å². The average molecular weight is 351 g/mol. The van der Waals surface area contributed by atoms with E-state index in [1.165, 1.54) is 24.3 Å². The van der Waals surface area contributed by atoms with E-state index in [1.54, 1.807) is 0 Å². The third-order valence-electron chi connectivity index (χ3n) is 3.98. The fourth-order valence-electron chi connectivity index (χ4n) is 2.54. The fourth-order valence-corrected chi connectivity index (χ4v) is 2.54. The standard InChI is InChI=1S/C21H21NO4/c1-3-5-9-16(4-2)20(17-10-7-6-8-11-17)26-21(23)18-12-14-19(15-13-18)22(24)25/h6-8,10-15,20H,2-3,5,9H2,1H3. The van der Waals surface area contributed by atoms with Crippen molar-refractivity contribution < 1.29 is 14.5 Å². The molecule has 0 spiro atoms. The number of nitro groups is 1. The predicted octanol–water partition coefficient (Wildman–Crippen LogP) is 5.39. The molecule has 26 heavy (non-hydrogen) atoms. The Bertz CT molecular complexity index is 806. The van der Waals surface area contributed by atoms with Crippen LogP contribution in [0.3, 0.4) is 0 Å². The zero-order valence-electron chi connectivity index (χ0n) is 14.7. The highest BCUT2D eigenvalue weighted by Crippen LogP contribution is 2.30. The monoisotopic (exact) mass is 351 g/mol. The summed E-state index contributed by atoms with van der Waals surface area (Å²) in [6, 6.07) is 14.8. The lowest BCUT2D eigenvalue weighted by atomic mass is 9.97. The number of non-ortho nitro benzene ring substituents is 1. The van der Waals surface area contributed by atoms with Crippen LogP contribution in [-0.2, 0) is 4.74 Å². The molecule has 0 bridgehead atoms. The lowest BCUT2D eigenvalue weighted by molar-refractivity contribution is -0.384. The van der Waals surface area contributed by atoms with Gasteiger partial charge in [-0.3, -0.25) is 10.1 Å². The first kappa shape index (κ1) is 19.2. The molecule has 0 saturated carbocycles. The molecule has 0 aliphatic carbocycles. The number of ether oxygens (including phenoxy) is 1. The Morgan fingerprint density at radius 2 is 1.85 bits per heavy atom. The number of carbonyl (C=O) groups is 1. The van der Waals surface area contributed by atoms with Crippen molar-refractivity contribution in [3.63, 3.8) is 0 Å². The van der Waals surface area contributed by atoms with Gasteiger partial charge in [0.05, 0.1) is 10.5 Å². The quantitative estimate of drug-likeness (QED) is 0.276. The molecule has 5 nitrogen and oxygen atoms in total. The Kier molecular flexibility index (Phi) is 6.89. The summed E-state index contributed by atoms with van der Waals surface area (Å²) in [6.45, 7) is 5.83. The molecule has 0 amide bonds. The largest absolute Gasteiger partial charge is 0.449 e. The van der Waals surface area contributed by atoms with Crippen LogP contribution in [0, 0.1) is 10.1 Å². The van der Waals surface area contributed by atoms with Gasteiger partial charge in [-0.25, -0.2) is 4.79 Å². The fraction of sp³-hybridized carbons (Fsp3) is 0.238. The highest BCUT2D eigenvalue weighted by Gasteiger charge is 2.22. The SMILES string of the molecule is C=C=C(CCCC)C(OC(=O)c1ccc([N+](=O)[O-])cc1)c1ccccc1. The Morgan fingerprint density at radius 3 is 2.38 bits per heavy atom. The molecule has 2 aromatic carbocycles. The molecule has 1 atom stereocenters. The van der Waals surface area contributed by atoms with E-state index in [1.807, 2.05) is 30.3 Å². The third-order valence-corrected chi connectivity index (χ3v) is 3.98. The van der Waals surface area contributed by atoms with Crippen LogP contribution in [0.2, 0.25) is 0 Å². The Labute approximate surface area is 152 Å². The van der Waals surface area contributed by atoms with Gasteiger partial charge < -0.3 is 4.74 Å². The van der Waals surface area contributed by atoms with E-state index in [0.29, 0.717) is 0 Å². The molecule has 0 fully saturated rings. The van der Waals surface area contributed by atoms with Crippen LogP contribution < -0.4 is 0 Å². The Morgan fingerprint density at radius 1 is 1.19 bits per heavy atom. The number of hydrogen-bond donors (Lipinski definition) is 0. The molecule has 2 rings (SSSR count). The number of unbranched alkanes of at least 4 members (excludes halogenated alkanes) is 1. The second-order valence-corrected chi connectivity index (χ2v) is 5.81. The normalized spacial score (nSPS) is 11.3. The van der Waals surface area contributed by atoms with E-state index in [-0.39, 0.29) is 11.3 Å². The van der Waals surface area contributed by atoms with Crippen molar-refractivity contribution in [2.75, 3.05) is 0 Å². The topological polar surface area (TPSA) is 69.4 Å². The molecule has 0 radical (unpaired) electrons. The maximum Gasteiger partial charge on any atom is 0.339 e. The number of carbonyl (C=O) groups excluding carboxylic acids is 1. The first-order valence-electron chi connectivity index (χ1n) is 8.46. The molecule has 0 heterocycles. The van der Waals surface area contributed by atoms with E-state index in [2.05, 4.69) is 19.2 Å². The second kappa shape index (κ2) is 9.35. The van der Waals surface area contributed by atoms with E-state index < -0.39 is 17.0 Å². The summed E-state index contributed by atoms with van der Waals surface area (Å²) in [5.41, 5.74) is 4.75. The maximum absolute atomic E-state index is 12.6. The van der Waals surface area contributed by atoms with Gasteiger partial charge in [0.15, 0.2) is 6.10 Å². The molecule has 2 aromatic rings. The Hall–Kier alpha value is -3.17. The average Bonchev–Trinajstić information content (AvgIpc) is 2.68. The molecule has 0 aliphatic heterocycles. The van der Waals surface area contributed by atoms with Gasteiger partial charge in [0.25, 0.3) is 5.69 Å². The molecule has 1 unspecified atom stereocenters. The minimum Gasteiger partial charge on any atom is -0.449 e. The molecule has 0 N–H and O–H groups in total. The van der Waals surface area contributed by atoms with Crippen molar-refractivity contribution in [2.24, 2.45) is 0 Å². The summed E-state index contributed by atoms with van der Waals surface area (Å²) >= 11 is 0. The number of rotatable bonds is 8. The van der Waals surface area contributed by atoms with Crippen LogP contribution in [0.1, 0.15) is 48.2 Å². The number of nitrogens with zero attached hydrogens (tertiary/aromatic N) is 1. The Balaban J connectivity index is 2.26. The number of esters is 1. The van der Waals surface area contributed by atoms with Gasteiger partial charge in [0.2, 0.25) is 0 Å². The molecular formula is C21H21NO4. The third kappa shape index (κ3) is 4.91. The van der Waals surface area contributed by atoms with Gasteiger partial charge in [0, 0.05) is 17.7 Å². The van der Waals surface area contributed by atoms with Crippen LogP contribution in [0.4, 0.5) is 5.69 Å². The van der Waals surface area contributed by atoms with Gasteiger partial charge >= 0.3 is 5.97 Å². The lowest BCUT2D eigenvalue weighted by Gasteiger charge is -2.20. The van der Waals surface area contributed by atoms with Crippen LogP contribution >= 0.6 is 0 Å². The number of benzene rings is 2. The minimum atomic E-state index is -0.581. The predicted molar refractivity (Wildman–Crippen MR) is 99.9 cm³/mol. The van der Waals surface area contributed by atoms with Crippen LogP contribution in [-0.4, -0.2) is 10.9 Å². The molecule has 0 aliphatic rings. The zero-order chi connectivity index (χ0) is 18.9. The first-order chi connectivity index (χ1) is 12.6. The minimum absolute atomic E-state index is 0.0734. The lowest BCUT2D eigenvalue weighted by Crippen LogP contribution is -2.14. The maximum atomic E-state index is 12.6. The van der Waals surface area contributed by atoms with Crippen molar-refractivity contribution >= 4 is 11.7 Å². The summed E-state index contributed by atoms with van der Waals surface area (Å²) in [7, 11) is 0. The first-order valence-corrected chi connectivity index (χ1v) is 8.46. The van der Waals surface area contributed by atoms with Gasteiger partial charge in [-0.15, -0.1) is 5.73 Å². The summed E-state index contributed by atoms with van der Waals surface area (Å²) < 4.78 is 5.72. The summed E-state index contributed by atoms with van der Waals surface area (Å²) in [5, 5.41) is 10.7. The van der Waals surface area contributed by atoms with Gasteiger partial charge in [-0.05, 0) is 30.5 Å². The second-order valence-electron chi connectivity index (χ2n) is 5.81. The zero-order valence-corrected chi connectivity index (χ0v) is 14.7. The van der Waals surface area contributed by atoms with Gasteiger partial charge in [0.1, 0.15) is 0 Å². The van der Waals surface area contributed by atoms with E-state index >= 15 is 0 Å². The van der Waals surface area contributed by atoms with Crippen molar-refractivity contribution in [1.29, 1.82) is 0 Å². The summed E-state index contributed by atoms with van der Waals surface area (Å²) in [6.07, 6.45) is 2.09. The summed E-state index contributed by atoms with van der Waals surface area (Å²) in [5.74, 6) is -0.544. The highest BCUT2D eigenvalue weighted by atomic mass is 16.6. The molecule has 134 valence electrons. The molecule has 5 heteroatoms. The summed E-state index contributed by atoms with van der Waals surface area (Å²) in [4.78, 5) is 22.8. The van der Waals surface area contributed by atoms with Crippen molar-refractivity contribution in [2.45, 2.75) is 32.3 Å². The molecule has 0 saturated heterocycles. The smallest absolute Gasteiger partial charge is 0.339 e. The van der Waals surface area contributed by atoms with Gasteiger partial charge in [-0.1, -0.05) is 50.3 Å². The number of hydrogen-bond acceptors (Lipinski definition) is 4. The van der Waals surface area contributed by atoms with E-state index in [9.17, 15) is 14.9 Å². The van der Waals surface area contributed by atoms with E-state index in [4.69, 9.17) is 4.74 Å². The van der Waals surface area contributed by atoms with Crippen molar-refractivity contribution in [1.82, 2.24) is 0 Å². The van der Waals surface area contributed by atoms with Crippen LogP contribution in [0.5, 0.6) is 0 Å². The highest BCUT2D eigenvalue weighted by molar-refractivity contribution is 5.90. The van der Waals surface area contributed by atoms with E-state index in [0.717, 1.165) is 30.4 Å². The van der Waals surface area contributed by atoms with Crippen LogP contribution in [0.15, 0.2) is 72.5 Å².